The summed E-state index contributed by atoms with van der Waals surface area (Å²) < 4.78 is 1.98. The van der Waals surface area contributed by atoms with Crippen molar-refractivity contribution in [1.82, 2.24) is 0 Å². The molecular weight excluding hydrogens is 388 g/mol. The van der Waals surface area contributed by atoms with Crippen molar-refractivity contribution in [3.63, 3.8) is 0 Å². The highest BCUT2D eigenvalue weighted by molar-refractivity contribution is 9.10. The van der Waals surface area contributed by atoms with Crippen LogP contribution in [0, 0.1) is 6.92 Å². The molecule has 0 aliphatic rings. The molecule has 0 aliphatic carbocycles. The molecule has 5 heteroatoms. The highest BCUT2D eigenvalue weighted by Crippen LogP contribution is 2.27. The zero-order valence-corrected chi connectivity index (χ0v) is 14.2. The summed E-state index contributed by atoms with van der Waals surface area (Å²) in [6.07, 6.45) is 0. The molecule has 0 atom stereocenters. The van der Waals surface area contributed by atoms with Crippen molar-refractivity contribution in [1.29, 1.82) is 0 Å². The van der Waals surface area contributed by atoms with Crippen LogP contribution >= 0.6 is 44.1 Å². The average molecular weight is 400 g/mol. The maximum absolute atomic E-state index is 5.76. The van der Waals surface area contributed by atoms with Crippen molar-refractivity contribution in [2.75, 3.05) is 5.32 Å². The average Bonchev–Trinajstić information content (AvgIpc) is 2.30. The molecule has 0 aromatic heterocycles. The third-order valence-electron chi connectivity index (χ3n) is 2.57. The summed E-state index contributed by atoms with van der Waals surface area (Å²) in [7, 11) is 0. The smallest absolute Gasteiger partial charge is 0.106 e. The molecule has 0 heterocycles. The quantitative estimate of drug-likeness (QED) is 0.721. The molecule has 0 radical (unpaired) electrons. The molecule has 0 saturated heterocycles. The van der Waals surface area contributed by atoms with Crippen LogP contribution in [-0.4, -0.2) is 4.99 Å². The van der Waals surface area contributed by atoms with Gasteiger partial charge in [0.05, 0.1) is 0 Å². The van der Waals surface area contributed by atoms with Crippen LogP contribution in [0.15, 0.2) is 45.3 Å². The van der Waals surface area contributed by atoms with Crippen molar-refractivity contribution in [2.45, 2.75) is 6.92 Å². The number of hydrogen-bond donors (Lipinski definition) is 2. The third kappa shape index (κ3) is 3.78. The van der Waals surface area contributed by atoms with E-state index in [9.17, 15) is 0 Å². The molecular formula is C14H12Br2N2S. The number of rotatable bonds is 3. The minimum atomic E-state index is 0.371. The van der Waals surface area contributed by atoms with E-state index in [1.807, 2.05) is 31.2 Å². The molecule has 2 aromatic rings. The van der Waals surface area contributed by atoms with Gasteiger partial charge in [-0.05, 0) is 48.9 Å². The van der Waals surface area contributed by atoms with Crippen molar-refractivity contribution in [3.8, 4) is 0 Å². The predicted molar refractivity (Wildman–Crippen MR) is 92.2 cm³/mol. The second-order valence-corrected chi connectivity index (χ2v) is 6.47. The first-order valence-corrected chi connectivity index (χ1v) is 7.59. The maximum atomic E-state index is 5.76. The van der Waals surface area contributed by atoms with Gasteiger partial charge in [-0.15, -0.1) is 0 Å². The lowest BCUT2D eigenvalue weighted by molar-refractivity contribution is 1.42. The molecule has 0 fully saturated rings. The van der Waals surface area contributed by atoms with Crippen LogP contribution < -0.4 is 11.1 Å². The van der Waals surface area contributed by atoms with Crippen LogP contribution in [0.1, 0.15) is 11.1 Å². The Morgan fingerprint density at radius 1 is 1.11 bits per heavy atom. The van der Waals surface area contributed by atoms with E-state index < -0.39 is 0 Å². The first kappa shape index (κ1) is 14.5. The lowest BCUT2D eigenvalue weighted by atomic mass is 10.1. The van der Waals surface area contributed by atoms with E-state index in [1.165, 1.54) is 5.56 Å². The van der Waals surface area contributed by atoms with Crippen molar-refractivity contribution < 1.29 is 0 Å². The van der Waals surface area contributed by atoms with E-state index >= 15 is 0 Å². The number of thiocarbonyl (C=S) groups is 1. The number of nitrogens with one attached hydrogen (secondary N) is 1. The summed E-state index contributed by atoms with van der Waals surface area (Å²) in [6.45, 7) is 2.05. The highest BCUT2D eigenvalue weighted by atomic mass is 79.9. The van der Waals surface area contributed by atoms with Gasteiger partial charge in [0, 0.05) is 25.9 Å². The van der Waals surface area contributed by atoms with Gasteiger partial charge in [0.25, 0.3) is 0 Å². The van der Waals surface area contributed by atoms with Crippen molar-refractivity contribution in [2.24, 2.45) is 5.73 Å². The van der Waals surface area contributed by atoms with Crippen LogP contribution in [0.5, 0.6) is 0 Å². The summed E-state index contributed by atoms with van der Waals surface area (Å²) in [5, 5.41) is 3.34. The Morgan fingerprint density at radius 3 is 2.47 bits per heavy atom. The maximum Gasteiger partial charge on any atom is 0.106 e. The zero-order valence-electron chi connectivity index (χ0n) is 10.2. The van der Waals surface area contributed by atoms with E-state index in [2.05, 4.69) is 49.3 Å². The van der Waals surface area contributed by atoms with Crippen LogP contribution in [0.3, 0.4) is 0 Å². The first-order valence-electron chi connectivity index (χ1n) is 5.59. The molecule has 0 spiro atoms. The van der Waals surface area contributed by atoms with Crippen LogP contribution in [0.25, 0.3) is 0 Å². The Labute approximate surface area is 134 Å². The zero-order chi connectivity index (χ0) is 14.0. The number of anilines is 2. The van der Waals surface area contributed by atoms with Gasteiger partial charge in [-0.1, -0.05) is 44.1 Å². The Balaban J connectivity index is 2.40. The summed E-state index contributed by atoms with van der Waals surface area (Å²) in [6, 6.07) is 12.0. The number of aryl methyl sites for hydroxylation is 1. The largest absolute Gasteiger partial charge is 0.389 e. The molecule has 0 saturated carbocycles. The molecule has 98 valence electrons. The molecule has 0 amide bonds. The molecule has 2 nitrogen and oxygen atoms in total. The van der Waals surface area contributed by atoms with Crippen molar-refractivity contribution in [3.05, 3.63) is 56.5 Å². The molecule has 19 heavy (non-hydrogen) atoms. The number of hydrogen-bond acceptors (Lipinski definition) is 2. The normalized spacial score (nSPS) is 10.3. The molecule has 2 aromatic carbocycles. The van der Waals surface area contributed by atoms with Crippen LogP contribution in [0.4, 0.5) is 11.4 Å². The van der Waals surface area contributed by atoms with Gasteiger partial charge >= 0.3 is 0 Å². The summed E-state index contributed by atoms with van der Waals surface area (Å²) in [5.74, 6) is 0. The molecule has 0 unspecified atom stereocenters. The van der Waals surface area contributed by atoms with E-state index in [1.54, 1.807) is 0 Å². The summed E-state index contributed by atoms with van der Waals surface area (Å²) in [5.41, 5.74) is 9.64. The predicted octanol–water partition coefficient (Wildman–Crippen LogP) is 4.90. The monoisotopic (exact) mass is 398 g/mol. The van der Waals surface area contributed by atoms with Gasteiger partial charge in [0.2, 0.25) is 0 Å². The fourth-order valence-corrected chi connectivity index (χ4v) is 2.93. The highest BCUT2D eigenvalue weighted by Gasteiger charge is 2.07. The number of halogens is 2. The van der Waals surface area contributed by atoms with Gasteiger partial charge in [0.1, 0.15) is 4.99 Å². The lowest BCUT2D eigenvalue weighted by Crippen LogP contribution is -2.12. The summed E-state index contributed by atoms with van der Waals surface area (Å²) >= 11 is 12.0. The first-order chi connectivity index (χ1) is 8.95. The Hall–Kier alpha value is -0.910. The fourth-order valence-electron chi connectivity index (χ4n) is 1.79. The van der Waals surface area contributed by atoms with Crippen LogP contribution in [-0.2, 0) is 0 Å². The molecule has 2 rings (SSSR count). The third-order valence-corrected chi connectivity index (χ3v) is 3.74. The van der Waals surface area contributed by atoms with Crippen molar-refractivity contribution >= 4 is 60.4 Å². The van der Waals surface area contributed by atoms with Gasteiger partial charge in [-0.2, -0.15) is 0 Å². The second-order valence-electron chi connectivity index (χ2n) is 4.20. The van der Waals surface area contributed by atoms with E-state index in [0.29, 0.717) is 4.99 Å². The molecule has 3 N–H and O–H groups in total. The van der Waals surface area contributed by atoms with Gasteiger partial charge < -0.3 is 11.1 Å². The minimum Gasteiger partial charge on any atom is -0.389 e. The number of nitrogens with two attached hydrogens (primary N) is 1. The Morgan fingerprint density at radius 2 is 1.84 bits per heavy atom. The van der Waals surface area contributed by atoms with Gasteiger partial charge in [-0.25, -0.2) is 0 Å². The second kappa shape index (κ2) is 6.03. The summed E-state index contributed by atoms with van der Waals surface area (Å²) in [4.78, 5) is 0.371. The van der Waals surface area contributed by atoms with E-state index in [0.717, 1.165) is 25.9 Å². The van der Waals surface area contributed by atoms with E-state index in [4.69, 9.17) is 18.0 Å². The topological polar surface area (TPSA) is 38.0 Å². The van der Waals surface area contributed by atoms with E-state index in [-0.39, 0.29) is 0 Å². The SMILES string of the molecule is Cc1cc(Br)cc(Nc2ccc(Br)cc2C(N)=S)c1. The Bertz CT molecular complexity index is 621. The minimum absolute atomic E-state index is 0.371. The number of benzene rings is 2. The molecule has 0 aliphatic heterocycles. The van der Waals surface area contributed by atoms with Gasteiger partial charge in [0.15, 0.2) is 0 Å². The van der Waals surface area contributed by atoms with Crippen LogP contribution in [0.2, 0.25) is 0 Å². The standard InChI is InChI=1S/C14H12Br2N2S/c1-8-4-10(16)6-11(5-8)18-13-3-2-9(15)7-12(13)14(17)19/h2-7,18H,1H3,(H2,17,19). The van der Waals surface area contributed by atoms with Gasteiger partial charge in [-0.3, -0.25) is 0 Å². The fraction of sp³-hybridized carbons (Fsp3) is 0.0714. The lowest BCUT2D eigenvalue weighted by Gasteiger charge is -2.12. The Kier molecular flexibility index (Phi) is 4.60. The molecule has 0 bridgehead atoms.